The predicted molar refractivity (Wildman–Crippen MR) is 187 cm³/mol. The van der Waals surface area contributed by atoms with E-state index in [0.717, 1.165) is 24.8 Å². The summed E-state index contributed by atoms with van der Waals surface area (Å²) in [5.41, 5.74) is -0.495. The van der Waals surface area contributed by atoms with Crippen LogP contribution in [0.2, 0.25) is 0 Å². The van der Waals surface area contributed by atoms with Gasteiger partial charge in [0.05, 0.1) is 24.0 Å². The van der Waals surface area contributed by atoms with Crippen molar-refractivity contribution in [3.8, 4) is 0 Å². The highest BCUT2D eigenvalue weighted by Gasteiger charge is 2.77. The molecule has 3 aliphatic rings. The van der Waals surface area contributed by atoms with Crippen molar-refractivity contribution in [2.24, 2.45) is 11.8 Å². The Morgan fingerprint density at radius 2 is 1.90 bits per heavy atom. The number of carbonyl (C=O) groups excluding carboxylic acids is 4. The SMILES string of the molecule is C=CCCC(=O)N(C)[C@@H](C)[C@@H](OC(=O)[C@H]1[C@@H]2O[C@@]3(CC2Br)[C@@H]1C(=O)N(CCCCO)[C@@H]3C(=O)N(CC=C)CCCCC)c1ccccc1. The molecule has 1 aromatic carbocycles. The van der Waals surface area contributed by atoms with Gasteiger partial charge in [-0.05, 0) is 44.6 Å². The summed E-state index contributed by atoms with van der Waals surface area (Å²) < 4.78 is 13.0. The van der Waals surface area contributed by atoms with Crippen LogP contribution in [0.1, 0.15) is 76.9 Å². The number of alkyl halides is 1. The lowest BCUT2D eigenvalue weighted by atomic mass is 9.70. The standard InChI is InChI=1S/C37H52BrN3O7/c1-6-9-14-21-40(20-8-3)35(45)33-37-24-27(38)32(48-37)29(30(37)34(44)41(33)22-15-16-23-42)36(46)47-31(26-17-12-11-13-18-26)25(4)39(5)28(43)19-10-7-2/h7-8,11-13,17-18,25,27,29-33,42H,2-3,6,9-10,14-16,19-24H2,1,4-5H3/t25-,27?,29+,30-,31+,32+,33+,37-/m0/s1. The smallest absolute Gasteiger partial charge is 0.313 e. The lowest BCUT2D eigenvalue weighted by Crippen LogP contribution is -2.57. The van der Waals surface area contributed by atoms with Crippen molar-refractivity contribution in [2.75, 3.05) is 33.3 Å². The molecule has 10 nitrogen and oxygen atoms in total. The number of hydrogen-bond donors (Lipinski definition) is 1. The van der Waals surface area contributed by atoms with E-state index in [2.05, 4.69) is 36.0 Å². The molecule has 3 fully saturated rings. The summed E-state index contributed by atoms with van der Waals surface area (Å²) in [4.78, 5) is 61.0. The summed E-state index contributed by atoms with van der Waals surface area (Å²) in [6, 6.07) is 7.84. The second-order valence-electron chi connectivity index (χ2n) is 13.2. The second-order valence-corrected chi connectivity index (χ2v) is 14.4. The molecular formula is C37H52BrN3O7. The highest BCUT2D eigenvalue weighted by molar-refractivity contribution is 9.09. The summed E-state index contributed by atoms with van der Waals surface area (Å²) >= 11 is 3.74. The minimum Gasteiger partial charge on any atom is -0.455 e. The molecule has 0 saturated carbocycles. The fourth-order valence-corrected chi connectivity index (χ4v) is 8.55. The Balaban J connectivity index is 1.69. The fraction of sp³-hybridized carbons (Fsp3) is 0.622. The Kier molecular flexibility index (Phi) is 13.4. The van der Waals surface area contributed by atoms with Crippen molar-refractivity contribution in [3.63, 3.8) is 0 Å². The Bertz CT molecular complexity index is 1310. The van der Waals surface area contributed by atoms with Crippen molar-refractivity contribution in [2.45, 2.75) is 99.9 Å². The molecule has 11 heteroatoms. The molecule has 3 heterocycles. The minimum atomic E-state index is -1.22. The number of likely N-dealkylation sites (tertiary alicyclic amines) is 1. The van der Waals surface area contributed by atoms with Crippen LogP contribution >= 0.6 is 15.9 Å². The van der Waals surface area contributed by atoms with Crippen LogP contribution < -0.4 is 0 Å². The maximum absolute atomic E-state index is 14.5. The van der Waals surface area contributed by atoms with E-state index in [1.54, 1.807) is 33.9 Å². The number of rotatable bonds is 19. The summed E-state index contributed by atoms with van der Waals surface area (Å²) in [5.74, 6) is -3.07. The van der Waals surface area contributed by atoms with Gasteiger partial charge < -0.3 is 29.3 Å². The van der Waals surface area contributed by atoms with Gasteiger partial charge in [0.15, 0.2) is 0 Å². The van der Waals surface area contributed by atoms with Crippen LogP contribution in [-0.4, -0.2) is 105 Å². The quantitative estimate of drug-likeness (QED) is 0.0941. The van der Waals surface area contributed by atoms with Crippen LogP contribution in [0.4, 0.5) is 0 Å². The van der Waals surface area contributed by atoms with E-state index >= 15 is 0 Å². The largest absolute Gasteiger partial charge is 0.455 e. The number of benzene rings is 1. The average Bonchev–Trinajstić information content (AvgIpc) is 3.68. The number of likely N-dealkylation sites (N-methyl/N-ethyl adjacent to an activating group) is 1. The molecule has 2 bridgehead atoms. The molecule has 1 unspecified atom stereocenters. The molecule has 3 saturated heterocycles. The van der Waals surface area contributed by atoms with Crippen LogP contribution in [0.15, 0.2) is 55.6 Å². The van der Waals surface area contributed by atoms with E-state index in [9.17, 15) is 24.3 Å². The molecule has 8 atom stereocenters. The van der Waals surface area contributed by atoms with Crippen molar-refractivity contribution in [1.82, 2.24) is 14.7 Å². The predicted octanol–water partition coefficient (Wildman–Crippen LogP) is 4.81. The van der Waals surface area contributed by atoms with Crippen molar-refractivity contribution >= 4 is 39.6 Å². The number of halogens is 1. The first-order valence-corrected chi connectivity index (χ1v) is 18.2. The van der Waals surface area contributed by atoms with Gasteiger partial charge in [-0.3, -0.25) is 19.2 Å². The number of nitrogens with zero attached hydrogens (tertiary/aromatic N) is 3. The molecule has 3 aliphatic heterocycles. The summed E-state index contributed by atoms with van der Waals surface area (Å²) in [5, 5.41) is 9.50. The van der Waals surface area contributed by atoms with E-state index < -0.39 is 47.7 Å². The molecular weight excluding hydrogens is 678 g/mol. The average molecular weight is 731 g/mol. The van der Waals surface area contributed by atoms with E-state index in [1.807, 2.05) is 37.3 Å². The highest BCUT2D eigenvalue weighted by atomic mass is 79.9. The van der Waals surface area contributed by atoms with E-state index in [4.69, 9.17) is 9.47 Å². The highest BCUT2D eigenvalue weighted by Crippen LogP contribution is 2.60. The van der Waals surface area contributed by atoms with Gasteiger partial charge in [0, 0.05) is 44.5 Å². The number of aliphatic hydroxyl groups is 1. The molecule has 3 amide bonds. The maximum atomic E-state index is 14.5. The van der Waals surface area contributed by atoms with Gasteiger partial charge in [-0.2, -0.15) is 0 Å². The number of fused-ring (bicyclic) bond motifs is 1. The Morgan fingerprint density at radius 1 is 1.17 bits per heavy atom. The monoisotopic (exact) mass is 729 g/mol. The lowest BCUT2D eigenvalue weighted by Gasteiger charge is -2.37. The number of aliphatic hydroxyl groups excluding tert-OH is 1. The molecule has 0 radical (unpaired) electrons. The Hall–Kier alpha value is -3.02. The molecule has 4 rings (SSSR count). The van der Waals surface area contributed by atoms with Gasteiger partial charge >= 0.3 is 5.97 Å². The topological polar surface area (TPSA) is 117 Å². The first-order valence-electron chi connectivity index (χ1n) is 17.3. The van der Waals surface area contributed by atoms with Crippen molar-refractivity contribution in [3.05, 3.63) is 61.2 Å². The number of hydrogen-bond acceptors (Lipinski definition) is 7. The third-order valence-corrected chi connectivity index (χ3v) is 11.0. The third-order valence-electron chi connectivity index (χ3n) is 10.2. The normalized spacial score (nSPS) is 26.9. The third kappa shape index (κ3) is 7.58. The van der Waals surface area contributed by atoms with Gasteiger partial charge in [0.1, 0.15) is 17.7 Å². The van der Waals surface area contributed by atoms with Gasteiger partial charge in [-0.15, -0.1) is 13.2 Å². The summed E-state index contributed by atoms with van der Waals surface area (Å²) in [7, 11) is 1.69. The lowest BCUT2D eigenvalue weighted by molar-refractivity contribution is -0.164. The van der Waals surface area contributed by atoms with E-state index in [0.29, 0.717) is 38.8 Å². The number of esters is 1. The first-order chi connectivity index (χ1) is 23.1. The molecule has 264 valence electrons. The van der Waals surface area contributed by atoms with Gasteiger partial charge in [-0.25, -0.2) is 0 Å². The van der Waals surface area contributed by atoms with E-state index in [1.165, 1.54) is 0 Å². The minimum absolute atomic E-state index is 0.0323. The van der Waals surface area contributed by atoms with Gasteiger partial charge in [-0.1, -0.05) is 78.2 Å². The molecule has 1 aromatic rings. The van der Waals surface area contributed by atoms with Crippen LogP contribution in [0, 0.1) is 11.8 Å². The number of allylic oxidation sites excluding steroid dienone is 1. The zero-order valence-corrected chi connectivity index (χ0v) is 30.2. The number of ether oxygens (including phenoxy) is 2. The number of amides is 3. The number of carbonyl (C=O) groups is 4. The van der Waals surface area contributed by atoms with Crippen LogP contribution in [-0.2, 0) is 28.7 Å². The van der Waals surface area contributed by atoms with Gasteiger partial charge in [0.25, 0.3) is 0 Å². The summed E-state index contributed by atoms with van der Waals surface area (Å²) in [6.45, 7) is 12.6. The zero-order chi connectivity index (χ0) is 35.0. The second kappa shape index (κ2) is 17.1. The molecule has 1 N–H and O–H groups in total. The van der Waals surface area contributed by atoms with Crippen LogP contribution in [0.25, 0.3) is 0 Å². The Labute approximate surface area is 293 Å². The molecule has 0 aromatic heterocycles. The molecule has 48 heavy (non-hydrogen) atoms. The molecule has 0 aliphatic carbocycles. The van der Waals surface area contributed by atoms with Crippen LogP contribution in [0.5, 0.6) is 0 Å². The molecule has 1 spiro atoms. The van der Waals surface area contributed by atoms with Crippen molar-refractivity contribution < 1.29 is 33.8 Å². The summed E-state index contributed by atoms with van der Waals surface area (Å²) in [6.07, 6.45) is 6.86. The Morgan fingerprint density at radius 3 is 2.54 bits per heavy atom. The first kappa shape index (κ1) is 37.8. The van der Waals surface area contributed by atoms with E-state index in [-0.39, 0.29) is 42.1 Å². The zero-order valence-electron chi connectivity index (χ0n) is 28.6. The maximum Gasteiger partial charge on any atom is 0.313 e. The van der Waals surface area contributed by atoms with Gasteiger partial charge in [0.2, 0.25) is 17.7 Å². The van der Waals surface area contributed by atoms with Crippen molar-refractivity contribution in [1.29, 1.82) is 0 Å². The fourth-order valence-electron chi connectivity index (χ4n) is 7.61. The van der Waals surface area contributed by atoms with Crippen LogP contribution in [0.3, 0.4) is 0 Å². The number of unbranched alkanes of at least 4 members (excludes halogenated alkanes) is 3.